The molecule has 0 spiro atoms. The van der Waals surface area contributed by atoms with E-state index < -0.39 is 0 Å². The molecule has 1 saturated heterocycles. The predicted octanol–water partition coefficient (Wildman–Crippen LogP) is 4.05. The van der Waals surface area contributed by atoms with Gasteiger partial charge in [0.2, 0.25) is 0 Å². The van der Waals surface area contributed by atoms with Crippen LogP contribution >= 0.6 is 11.6 Å². The Bertz CT molecular complexity index is 651. The van der Waals surface area contributed by atoms with Crippen LogP contribution in [0.15, 0.2) is 35.0 Å². The molecule has 2 aromatic rings. The molecule has 1 aliphatic rings. The van der Waals surface area contributed by atoms with Gasteiger partial charge < -0.3 is 9.42 Å². The number of hydrogen-bond acceptors (Lipinski definition) is 3. The van der Waals surface area contributed by atoms with Crippen LogP contribution in [0.5, 0.6) is 0 Å². The molecule has 1 amide bonds. The third-order valence-electron chi connectivity index (χ3n) is 4.28. The molecule has 0 bridgehead atoms. The largest absolute Gasteiger partial charge is 0.361 e. The maximum absolute atomic E-state index is 12.7. The lowest BCUT2D eigenvalue weighted by Crippen LogP contribution is -2.34. The van der Waals surface area contributed by atoms with Crippen LogP contribution < -0.4 is 0 Å². The van der Waals surface area contributed by atoms with Gasteiger partial charge in [0.15, 0.2) is 0 Å². The number of amides is 1. The van der Waals surface area contributed by atoms with Crippen LogP contribution in [0, 0.1) is 6.92 Å². The summed E-state index contributed by atoms with van der Waals surface area (Å²) in [6.45, 7) is 3.29. The summed E-state index contributed by atoms with van der Waals surface area (Å²) >= 11 is 5.97. The van der Waals surface area contributed by atoms with Gasteiger partial charge in [-0.1, -0.05) is 35.3 Å². The molecule has 22 heavy (non-hydrogen) atoms. The average molecular weight is 319 g/mol. The van der Waals surface area contributed by atoms with Crippen LogP contribution in [0.25, 0.3) is 0 Å². The molecule has 0 saturated carbocycles. The fourth-order valence-electron chi connectivity index (χ4n) is 3.01. The zero-order valence-electron chi connectivity index (χ0n) is 12.6. The van der Waals surface area contributed by atoms with Crippen molar-refractivity contribution in [1.82, 2.24) is 10.1 Å². The molecule has 1 fully saturated rings. The van der Waals surface area contributed by atoms with E-state index in [1.54, 1.807) is 6.92 Å². The SMILES string of the molecule is Cc1oncc1C(=O)N1CCCCC(c2ccc(Cl)cc2)C1. The summed E-state index contributed by atoms with van der Waals surface area (Å²) in [5.74, 6) is 0.945. The summed E-state index contributed by atoms with van der Waals surface area (Å²) in [5.41, 5.74) is 1.81. The van der Waals surface area contributed by atoms with Crippen molar-refractivity contribution in [1.29, 1.82) is 0 Å². The van der Waals surface area contributed by atoms with Gasteiger partial charge in [-0.2, -0.15) is 0 Å². The molecule has 1 aromatic carbocycles. The van der Waals surface area contributed by atoms with Crippen LogP contribution in [0.4, 0.5) is 0 Å². The average Bonchev–Trinajstić information content (AvgIpc) is 2.80. The Morgan fingerprint density at radius 1 is 1.32 bits per heavy atom. The van der Waals surface area contributed by atoms with E-state index in [2.05, 4.69) is 17.3 Å². The Labute approximate surface area is 135 Å². The lowest BCUT2D eigenvalue weighted by Gasteiger charge is -2.24. The van der Waals surface area contributed by atoms with Crippen molar-refractivity contribution >= 4 is 17.5 Å². The van der Waals surface area contributed by atoms with Gasteiger partial charge in [-0.15, -0.1) is 0 Å². The topological polar surface area (TPSA) is 46.3 Å². The number of rotatable bonds is 2. The molecule has 1 aliphatic heterocycles. The van der Waals surface area contributed by atoms with Crippen molar-refractivity contribution in [3.63, 3.8) is 0 Å². The highest BCUT2D eigenvalue weighted by atomic mass is 35.5. The second-order valence-corrected chi connectivity index (χ2v) is 6.23. The Morgan fingerprint density at radius 3 is 2.77 bits per heavy atom. The summed E-state index contributed by atoms with van der Waals surface area (Å²) in [5, 5.41) is 4.45. The van der Waals surface area contributed by atoms with Crippen LogP contribution in [-0.4, -0.2) is 29.1 Å². The summed E-state index contributed by atoms with van der Waals surface area (Å²) in [6.07, 6.45) is 4.76. The number of aryl methyl sites for hydroxylation is 1. The first-order valence-corrected chi connectivity index (χ1v) is 7.99. The van der Waals surface area contributed by atoms with Crippen molar-refractivity contribution in [3.8, 4) is 0 Å². The van der Waals surface area contributed by atoms with Gasteiger partial charge in [0.25, 0.3) is 5.91 Å². The van der Waals surface area contributed by atoms with Gasteiger partial charge >= 0.3 is 0 Å². The Balaban J connectivity index is 1.79. The molecule has 2 heterocycles. The first kappa shape index (κ1) is 15.1. The number of halogens is 1. The minimum absolute atomic E-state index is 0.0135. The highest BCUT2D eigenvalue weighted by molar-refractivity contribution is 6.30. The van der Waals surface area contributed by atoms with Gasteiger partial charge in [-0.3, -0.25) is 4.79 Å². The number of carbonyl (C=O) groups excluding carboxylic acids is 1. The highest BCUT2D eigenvalue weighted by Crippen LogP contribution is 2.28. The number of nitrogens with zero attached hydrogens (tertiary/aromatic N) is 2. The predicted molar refractivity (Wildman–Crippen MR) is 85.2 cm³/mol. The second kappa shape index (κ2) is 6.53. The number of benzene rings is 1. The smallest absolute Gasteiger partial charge is 0.259 e. The lowest BCUT2D eigenvalue weighted by atomic mass is 9.94. The molecule has 5 heteroatoms. The Hall–Kier alpha value is -1.81. The number of carbonyl (C=O) groups is 1. The third kappa shape index (κ3) is 3.17. The fraction of sp³-hybridized carbons (Fsp3) is 0.412. The molecule has 4 nitrogen and oxygen atoms in total. The van der Waals surface area contributed by atoms with Crippen molar-refractivity contribution in [3.05, 3.63) is 52.4 Å². The summed E-state index contributed by atoms with van der Waals surface area (Å²) in [4.78, 5) is 14.6. The molecule has 0 N–H and O–H groups in total. The summed E-state index contributed by atoms with van der Waals surface area (Å²) < 4.78 is 5.02. The lowest BCUT2D eigenvalue weighted by molar-refractivity contribution is 0.0752. The number of aromatic nitrogens is 1. The standard InChI is InChI=1S/C17H19ClN2O2/c1-12-16(10-19-22-12)17(21)20-9-3-2-4-14(11-20)13-5-7-15(18)8-6-13/h5-8,10,14H,2-4,9,11H2,1H3. The van der Waals surface area contributed by atoms with E-state index in [-0.39, 0.29) is 5.91 Å². The van der Waals surface area contributed by atoms with E-state index >= 15 is 0 Å². The fourth-order valence-corrected chi connectivity index (χ4v) is 3.13. The molecule has 1 unspecified atom stereocenters. The van der Waals surface area contributed by atoms with Crippen molar-refractivity contribution in [2.75, 3.05) is 13.1 Å². The van der Waals surface area contributed by atoms with Gasteiger partial charge in [0.1, 0.15) is 11.3 Å². The van der Waals surface area contributed by atoms with Crippen molar-refractivity contribution in [2.24, 2.45) is 0 Å². The zero-order chi connectivity index (χ0) is 15.5. The second-order valence-electron chi connectivity index (χ2n) is 5.79. The molecule has 116 valence electrons. The van der Waals surface area contributed by atoms with Gasteiger partial charge in [0, 0.05) is 24.0 Å². The summed E-state index contributed by atoms with van der Waals surface area (Å²) in [7, 11) is 0. The first-order valence-electron chi connectivity index (χ1n) is 7.61. The van der Waals surface area contributed by atoms with E-state index in [4.69, 9.17) is 16.1 Å². The van der Waals surface area contributed by atoms with Crippen LogP contribution in [0.3, 0.4) is 0 Å². The Morgan fingerprint density at radius 2 is 2.09 bits per heavy atom. The van der Waals surface area contributed by atoms with E-state index in [0.29, 0.717) is 17.2 Å². The van der Waals surface area contributed by atoms with E-state index in [0.717, 1.165) is 37.4 Å². The van der Waals surface area contributed by atoms with Gasteiger partial charge in [0.05, 0.1) is 6.20 Å². The number of likely N-dealkylation sites (tertiary alicyclic amines) is 1. The molecule has 1 atom stereocenters. The van der Waals surface area contributed by atoms with Crippen molar-refractivity contribution < 1.29 is 9.32 Å². The quantitative estimate of drug-likeness (QED) is 0.839. The minimum Gasteiger partial charge on any atom is -0.361 e. The van der Waals surface area contributed by atoms with Crippen molar-refractivity contribution in [2.45, 2.75) is 32.1 Å². The zero-order valence-corrected chi connectivity index (χ0v) is 13.3. The maximum atomic E-state index is 12.7. The molecular weight excluding hydrogens is 300 g/mol. The number of hydrogen-bond donors (Lipinski definition) is 0. The van der Waals surface area contributed by atoms with Crippen LogP contribution in [0.2, 0.25) is 5.02 Å². The maximum Gasteiger partial charge on any atom is 0.259 e. The molecule has 0 aliphatic carbocycles. The normalized spacial score (nSPS) is 19.0. The van der Waals surface area contributed by atoms with Gasteiger partial charge in [-0.05, 0) is 37.5 Å². The van der Waals surface area contributed by atoms with Crippen LogP contribution in [0.1, 0.15) is 46.9 Å². The Kier molecular flexibility index (Phi) is 4.48. The van der Waals surface area contributed by atoms with E-state index in [1.165, 1.54) is 11.8 Å². The third-order valence-corrected chi connectivity index (χ3v) is 4.53. The molecule has 1 aromatic heterocycles. The molecule has 3 rings (SSSR count). The molecular formula is C17H19ClN2O2. The first-order chi connectivity index (χ1) is 10.6. The highest BCUT2D eigenvalue weighted by Gasteiger charge is 2.26. The van der Waals surface area contributed by atoms with E-state index in [9.17, 15) is 4.79 Å². The molecule has 0 radical (unpaired) electrons. The summed E-state index contributed by atoms with van der Waals surface area (Å²) in [6, 6.07) is 7.95. The van der Waals surface area contributed by atoms with Crippen LogP contribution in [-0.2, 0) is 0 Å². The van der Waals surface area contributed by atoms with E-state index in [1.807, 2.05) is 17.0 Å². The minimum atomic E-state index is 0.0135. The van der Waals surface area contributed by atoms with Gasteiger partial charge in [-0.25, -0.2) is 0 Å². The monoisotopic (exact) mass is 318 g/mol.